The Kier molecular flexibility index (Phi) is 5.51. The fourth-order valence-electron chi connectivity index (χ4n) is 0.494. The summed E-state index contributed by atoms with van der Waals surface area (Å²) in [6.07, 6.45) is 3.73. The third kappa shape index (κ3) is 4.38. The van der Waals surface area contributed by atoms with Gasteiger partial charge < -0.3 is 0 Å². The molecule has 0 nitrogen and oxygen atoms in total. The molecule has 0 unspecified atom stereocenters. The number of rotatable bonds is 4. The summed E-state index contributed by atoms with van der Waals surface area (Å²) >= 11 is 3.35. The van der Waals surface area contributed by atoms with Gasteiger partial charge in [0.15, 0.2) is 0 Å². The van der Waals surface area contributed by atoms with E-state index in [9.17, 15) is 0 Å². The zero-order valence-corrected chi connectivity index (χ0v) is 7.00. The van der Waals surface area contributed by atoms with Crippen LogP contribution in [0.5, 0.6) is 0 Å². The lowest BCUT2D eigenvalue weighted by molar-refractivity contribution is 0.792. The second kappa shape index (κ2) is 5.36. The largest absolute Gasteiger partial charge is 0.0990 e. The second-order valence-electron chi connectivity index (χ2n) is 1.99. The van der Waals surface area contributed by atoms with Crippen LogP contribution in [0.4, 0.5) is 0 Å². The van der Waals surface area contributed by atoms with Crippen LogP contribution in [0.15, 0.2) is 12.2 Å². The van der Waals surface area contributed by atoms with Crippen LogP contribution in [0.3, 0.4) is 0 Å². The quantitative estimate of drug-likeness (QED) is 0.457. The van der Waals surface area contributed by atoms with Gasteiger partial charge in [-0.3, -0.25) is 0 Å². The van der Waals surface area contributed by atoms with Gasteiger partial charge in [-0.15, -0.1) is 0 Å². The number of allylic oxidation sites excluding steroid dienone is 1. The van der Waals surface area contributed by atoms with Gasteiger partial charge in [-0.2, -0.15) is 0 Å². The van der Waals surface area contributed by atoms with Crippen molar-refractivity contribution in [1.82, 2.24) is 0 Å². The zero-order chi connectivity index (χ0) is 6.41. The van der Waals surface area contributed by atoms with E-state index in [0.29, 0.717) is 0 Å². The fraction of sp³-hybridized carbons (Fsp3) is 0.714. The van der Waals surface area contributed by atoms with Crippen LogP contribution in [-0.2, 0) is 0 Å². The maximum Gasteiger partial charge on any atom is 0.0239 e. The van der Waals surface area contributed by atoms with Crippen molar-refractivity contribution < 1.29 is 0 Å². The number of hydrogen-bond donors (Lipinski definition) is 0. The highest BCUT2D eigenvalue weighted by atomic mass is 79.9. The van der Waals surface area contributed by atoms with Gasteiger partial charge >= 0.3 is 0 Å². The van der Waals surface area contributed by atoms with Crippen LogP contribution >= 0.6 is 15.9 Å². The third-order valence-corrected chi connectivity index (χ3v) is 1.87. The molecule has 0 aliphatic heterocycles. The van der Waals surface area contributed by atoms with Crippen LogP contribution in [0, 0.1) is 0 Å². The van der Waals surface area contributed by atoms with E-state index in [2.05, 4.69) is 29.4 Å². The maximum absolute atomic E-state index is 3.86. The Morgan fingerprint density at radius 3 is 2.62 bits per heavy atom. The average Bonchev–Trinajstić information content (AvgIpc) is 1.83. The molecule has 0 spiro atoms. The predicted octanol–water partition coefficient (Wildman–Crippen LogP) is 3.13. The van der Waals surface area contributed by atoms with Gasteiger partial charge in [0, 0.05) is 5.33 Å². The maximum atomic E-state index is 3.86. The standard InChI is InChI=1S/C7H13Br/c1-3-4-5-7(2)6-8/h2-6H2,1H3. The lowest BCUT2D eigenvalue weighted by atomic mass is 10.2. The number of unbranched alkanes of at least 4 members (excludes halogenated alkanes) is 1. The molecule has 0 atom stereocenters. The van der Waals surface area contributed by atoms with Crippen LogP contribution in [0.1, 0.15) is 26.2 Å². The fourth-order valence-corrected chi connectivity index (χ4v) is 0.774. The monoisotopic (exact) mass is 176 g/mol. The van der Waals surface area contributed by atoms with Crippen molar-refractivity contribution in [2.24, 2.45) is 0 Å². The molecule has 0 rings (SSSR count). The molecule has 0 fully saturated rings. The average molecular weight is 177 g/mol. The molecule has 0 saturated heterocycles. The van der Waals surface area contributed by atoms with Crippen molar-refractivity contribution in [2.75, 3.05) is 5.33 Å². The van der Waals surface area contributed by atoms with E-state index in [1.807, 2.05) is 0 Å². The van der Waals surface area contributed by atoms with E-state index < -0.39 is 0 Å². The first kappa shape index (κ1) is 8.22. The molecule has 0 aliphatic rings. The van der Waals surface area contributed by atoms with E-state index in [1.54, 1.807) is 0 Å². The Morgan fingerprint density at radius 1 is 1.62 bits per heavy atom. The molecule has 0 bridgehead atoms. The molecule has 0 aromatic heterocycles. The predicted molar refractivity (Wildman–Crippen MR) is 42.5 cm³/mol. The summed E-state index contributed by atoms with van der Waals surface area (Å²) in [4.78, 5) is 0. The SMILES string of the molecule is C=C(CBr)CCCC. The highest BCUT2D eigenvalue weighted by molar-refractivity contribution is 9.09. The molecular weight excluding hydrogens is 164 g/mol. The van der Waals surface area contributed by atoms with Crippen molar-refractivity contribution in [3.05, 3.63) is 12.2 Å². The van der Waals surface area contributed by atoms with E-state index in [4.69, 9.17) is 0 Å². The van der Waals surface area contributed by atoms with E-state index in [-0.39, 0.29) is 0 Å². The molecule has 8 heavy (non-hydrogen) atoms. The molecule has 0 N–H and O–H groups in total. The minimum absolute atomic E-state index is 0.965. The first-order valence-corrected chi connectivity index (χ1v) is 4.16. The highest BCUT2D eigenvalue weighted by Crippen LogP contribution is 2.06. The van der Waals surface area contributed by atoms with Crippen molar-refractivity contribution in [3.63, 3.8) is 0 Å². The summed E-state index contributed by atoms with van der Waals surface area (Å²) in [6.45, 7) is 6.06. The van der Waals surface area contributed by atoms with Gasteiger partial charge in [0.2, 0.25) is 0 Å². The van der Waals surface area contributed by atoms with Gasteiger partial charge in [-0.1, -0.05) is 41.4 Å². The van der Waals surface area contributed by atoms with Crippen LogP contribution < -0.4 is 0 Å². The number of hydrogen-bond acceptors (Lipinski definition) is 0. The lowest BCUT2D eigenvalue weighted by Gasteiger charge is -1.96. The van der Waals surface area contributed by atoms with E-state index in [1.165, 1.54) is 24.8 Å². The Balaban J connectivity index is 2.99. The minimum Gasteiger partial charge on any atom is -0.0990 e. The van der Waals surface area contributed by atoms with E-state index >= 15 is 0 Å². The molecule has 1 heteroatoms. The van der Waals surface area contributed by atoms with Crippen molar-refractivity contribution in [2.45, 2.75) is 26.2 Å². The topological polar surface area (TPSA) is 0 Å². The van der Waals surface area contributed by atoms with Crippen LogP contribution in [0.2, 0.25) is 0 Å². The molecule has 0 aliphatic carbocycles. The summed E-state index contributed by atoms with van der Waals surface area (Å²) in [5.74, 6) is 0. The van der Waals surface area contributed by atoms with E-state index in [0.717, 1.165) is 5.33 Å². The van der Waals surface area contributed by atoms with Gasteiger partial charge in [-0.05, 0) is 12.8 Å². The molecule has 48 valence electrons. The summed E-state index contributed by atoms with van der Waals surface area (Å²) in [6, 6.07) is 0. The van der Waals surface area contributed by atoms with Crippen LogP contribution in [-0.4, -0.2) is 5.33 Å². The smallest absolute Gasteiger partial charge is 0.0239 e. The molecule has 0 aromatic rings. The van der Waals surface area contributed by atoms with Crippen LogP contribution in [0.25, 0.3) is 0 Å². The summed E-state index contributed by atoms with van der Waals surface area (Å²) in [5, 5.41) is 0.965. The Morgan fingerprint density at radius 2 is 2.25 bits per heavy atom. The minimum atomic E-state index is 0.965. The van der Waals surface area contributed by atoms with Crippen molar-refractivity contribution in [1.29, 1.82) is 0 Å². The number of halogens is 1. The van der Waals surface area contributed by atoms with Gasteiger partial charge in [0.25, 0.3) is 0 Å². The van der Waals surface area contributed by atoms with Crippen molar-refractivity contribution in [3.8, 4) is 0 Å². The Labute approximate surface area is 60.1 Å². The summed E-state index contributed by atoms with van der Waals surface area (Å²) in [7, 11) is 0. The highest BCUT2D eigenvalue weighted by Gasteiger charge is 1.87. The molecule has 0 radical (unpaired) electrons. The van der Waals surface area contributed by atoms with Crippen molar-refractivity contribution >= 4 is 15.9 Å². The molecule has 0 aromatic carbocycles. The first-order chi connectivity index (χ1) is 3.81. The second-order valence-corrected chi connectivity index (χ2v) is 2.55. The molecule has 0 amide bonds. The summed E-state index contributed by atoms with van der Waals surface area (Å²) in [5.41, 5.74) is 1.31. The van der Waals surface area contributed by atoms with Gasteiger partial charge in [-0.25, -0.2) is 0 Å². The normalized spacial score (nSPS) is 9.25. The zero-order valence-electron chi connectivity index (χ0n) is 5.41. The third-order valence-electron chi connectivity index (χ3n) is 1.07. The van der Waals surface area contributed by atoms with Gasteiger partial charge in [0.05, 0.1) is 0 Å². The lowest BCUT2D eigenvalue weighted by Crippen LogP contribution is -1.80. The summed E-state index contributed by atoms with van der Waals surface area (Å²) < 4.78 is 0. The number of alkyl halides is 1. The molecule has 0 heterocycles. The molecule has 0 saturated carbocycles. The van der Waals surface area contributed by atoms with Gasteiger partial charge in [0.1, 0.15) is 0 Å². The Bertz CT molecular complexity index is 66.8. The first-order valence-electron chi connectivity index (χ1n) is 3.04. The molecular formula is C7H13Br. The Hall–Kier alpha value is 0.220.